The first kappa shape index (κ1) is 7.62. The van der Waals surface area contributed by atoms with E-state index in [4.69, 9.17) is 27.3 Å². The van der Waals surface area contributed by atoms with Gasteiger partial charge in [0, 0.05) is 11.8 Å². The van der Waals surface area contributed by atoms with Crippen molar-refractivity contribution in [1.29, 1.82) is 0 Å². The molecule has 1 N–H and O–H groups in total. The van der Waals surface area contributed by atoms with Gasteiger partial charge >= 0.3 is 6.64 Å². The van der Waals surface area contributed by atoms with Crippen molar-refractivity contribution in [2.45, 2.75) is 0 Å². The monoisotopic (exact) mass is 175 g/mol. The summed E-state index contributed by atoms with van der Waals surface area (Å²) in [5.74, 6) is 2.65. The molecule has 1 aliphatic rings. The van der Waals surface area contributed by atoms with Crippen molar-refractivity contribution in [1.82, 2.24) is 5.09 Å². The maximum Gasteiger partial charge on any atom is 0.365 e. The van der Waals surface area contributed by atoms with E-state index in [0.717, 1.165) is 0 Å². The summed E-state index contributed by atoms with van der Waals surface area (Å²) in [6.45, 7) is -2.28. The highest BCUT2D eigenvalue weighted by molar-refractivity contribution is 8.09. The predicted molar refractivity (Wildman–Crippen MR) is 42.4 cm³/mol. The number of rotatable bonds is 1. The fraction of sp³-hybridized carbons (Fsp3) is 0.200. The van der Waals surface area contributed by atoms with Crippen molar-refractivity contribution >= 4 is 18.4 Å². The molecule has 1 aliphatic heterocycles. The van der Waals surface area contributed by atoms with Crippen LogP contribution >= 0.6 is 6.64 Å². The summed E-state index contributed by atoms with van der Waals surface area (Å²) in [5, 5.41) is 2.74. The lowest BCUT2D eigenvalue weighted by Gasteiger charge is -2.11. The molecule has 0 aliphatic carbocycles. The zero-order chi connectivity index (χ0) is 7.61. The molecule has 54 valence electrons. The van der Waals surface area contributed by atoms with Gasteiger partial charge < -0.3 is 9.05 Å². The molecule has 1 heterocycles. The third-order valence-corrected chi connectivity index (χ3v) is 3.33. The van der Waals surface area contributed by atoms with Gasteiger partial charge in [-0.1, -0.05) is 0 Å². The van der Waals surface area contributed by atoms with Gasteiger partial charge in [-0.15, -0.1) is 6.42 Å². The number of hydrogen-bond acceptors (Lipinski definition) is 3. The summed E-state index contributed by atoms with van der Waals surface area (Å²) in [5.41, 5.74) is 0. The predicted octanol–water partition coefficient (Wildman–Crippen LogP) is 0.952. The highest BCUT2D eigenvalue weighted by Gasteiger charge is 2.24. The molecule has 0 aromatic rings. The van der Waals surface area contributed by atoms with Gasteiger partial charge in [0.15, 0.2) is 0 Å². The molecule has 10 heavy (non-hydrogen) atoms. The molecule has 1 rings (SSSR count). The van der Waals surface area contributed by atoms with E-state index in [9.17, 15) is 0 Å². The van der Waals surface area contributed by atoms with Crippen molar-refractivity contribution in [3.63, 3.8) is 0 Å². The SMILES string of the molecule is C#CC1=COP(=S)(NC)O1. The van der Waals surface area contributed by atoms with Gasteiger partial charge in [0.2, 0.25) is 5.76 Å². The van der Waals surface area contributed by atoms with Crippen LogP contribution in [-0.2, 0) is 20.9 Å². The second-order valence-electron chi connectivity index (χ2n) is 1.54. The fourth-order valence-electron chi connectivity index (χ4n) is 0.448. The molecule has 0 aromatic heterocycles. The van der Waals surface area contributed by atoms with Crippen LogP contribution in [0.2, 0.25) is 0 Å². The van der Waals surface area contributed by atoms with Crippen LogP contribution in [0.3, 0.4) is 0 Å². The highest BCUT2D eigenvalue weighted by Crippen LogP contribution is 2.50. The molecule has 0 radical (unpaired) electrons. The van der Waals surface area contributed by atoms with Crippen LogP contribution in [0.5, 0.6) is 0 Å². The van der Waals surface area contributed by atoms with Crippen molar-refractivity contribution in [3.8, 4) is 12.3 Å². The van der Waals surface area contributed by atoms with Gasteiger partial charge in [0.1, 0.15) is 6.26 Å². The van der Waals surface area contributed by atoms with E-state index in [1.807, 2.05) is 0 Å². The van der Waals surface area contributed by atoms with Crippen molar-refractivity contribution < 1.29 is 9.05 Å². The van der Waals surface area contributed by atoms with E-state index in [1.54, 1.807) is 7.05 Å². The zero-order valence-electron chi connectivity index (χ0n) is 5.33. The number of hydrogen-bond donors (Lipinski definition) is 1. The molecule has 5 heteroatoms. The van der Waals surface area contributed by atoms with E-state index >= 15 is 0 Å². The topological polar surface area (TPSA) is 30.5 Å². The Morgan fingerprint density at radius 1 is 1.90 bits per heavy atom. The average molecular weight is 175 g/mol. The fourth-order valence-corrected chi connectivity index (χ4v) is 1.65. The lowest BCUT2D eigenvalue weighted by molar-refractivity contribution is 0.451. The van der Waals surface area contributed by atoms with Crippen LogP contribution in [-0.4, -0.2) is 7.05 Å². The summed E-state index contributed by atoms with van der Waals surface area (Å²) < 4.78 is 10.0. The zero-order valence-corrected chi connectivity index (χ0v) is 7.04. The summed E-state index contributed by atoms with van der Waals surface area (Å²) in [6.07, 6.45) is 6.39. The minimum absolute atomic E-state index is 0.359. The molecule has 0 bridgehead atoms. The normalized spacial score (nSPS) is 29.8. The first-order valence-electron chi connectivity index (χ1n) is 2.54. The molecule has 1 atom stereocenters. The van der Waals surface area contributed by atoms with Crippen LogP contribution in [0.1, 0.15) is 0 Å². The van der Waals surface area contributed by atoms with Crippen LogP contribution in [0.15, 0.2) is 12.0 Å². The first-order chi connectivity index (χ1) is 4.70. The lowest BCUT2D eigenvalue weighted by Crippen LogP contribution is -2.01. The molecule has 0 amide bonds. The maximum absolute atomic E-state index is 5.06. The van der Waals surface area contributed by atoms with Gasteiger partial charge in [0.25, 0.3) is 0 Å². The summed E-state index contributed by atoms with van der Waals surface area (Å²) >= 11 is 4.92. The molecule has 0 spiro atoms. The Kier molecular flexibility index (Phi) is 2.00. The Hall–Kier alpha value is -0.490. The minimum atomic E-state index is -2.28. The van der Waals surface area contributed by atoms with E-state index in [0.29, 0.717) is 5.76 Å². The third-order valence-electron chi connectivity index (χ3n) is 0.933. The Morgan fingerprint density at radius 2 is 2.60 bits per heavy atom. The largest absolute Gasteiger partial charge is 0.428 e. The number of allylic oxidation sites excluding steroid dienone is 1. The first-order valence-corrected chi connectivity index (χ1v) is 5.18. The van der Waals surface area contributed by atoms with Crippen LogP contribution in [0.25, 0.3) is 0 Å². The maximum atomic E-state index is 5.06. The second kappa shape index (κ2) is 2.63. The van der Waals surface area contributed by atoms with Crippen molar-refractivity contribution in [2.75, 3.05) is 7.05 Å². The lowest BCUT2D eigenvalue weighted by atomic mass is 10.6. The minimum Gasteiger partial charge on any atom is -0.428 e. The van der Waals surface area contributed by atoms with E-state index in [1.165, 1.54) is 6.26 Å². The van der Waals surface area contributed by atoms with Gasteiger partial charge in [-0.05, 0) is 13.0 Å². The second-order valence-corrected chi connectivity index (χ2v) is 4.82. The summed E-state index contributed by atoms with van der Waals surface area (Å²) in [4.78, 5) is 0. The molecule has 3 nitrogen and oxygen atoms in total. The molecule has 0 fully saturated rings. The smallest absolute Gasteiger partial charge is 0.365 e. The summed E-state index contributed by atoms with van der Waals surface area (Å²) in [6, 6.07) is 0. The number of terminal acetylenes is 1. The van der Waals surface area contributed by atoms with E-state index < -0.39 is 6.64 Å². The molecule has 0 saturated heterocycles. The van der Waals surface area contributed by atoms with Crippen LogP contribution in [0, 0.1) is 12.3 Å². The molecule has 1 unspecified atom stereocenters. The molecule has 0 aromatic carbocycles. The Morgan fingerprint density at radius 3 is 2.90 bits per heavy atom. The van der Waals surface area contributed by atoms with Crippen LogP contribution < -0.4 is 5.09 Å². The van der Waals surface area contributed by atoms with Crippen molar-refractivity contribution in [2.24, 2.45) is 0 Å². The third kappa shape index (κ3) is 1.32. The number of nitrogens with one attached hydrogen (secondary N) is 1. The average Bonchev–Trinajstić information content (AvgIpc) is 2.33. The summed E-state index contributed by atoms with van der Waals surface area (Å²) in [7, 11) is 1.67. The van der Waals surface area contributed by atoms with Crippen molar-refractivity contribution in [3.05, 3.63) is 12.0 Å². The Labute approximate surface area is 64.6 Å². The molecular formula is C5H6NO2PS. The highest BCUT2D eigenvalue weighted by atomic mass is 32.5. The quantitative estimate of drug-likeness (QED) is 0.474. The van der Waals surface area contributed by atoms with Gasteiger partial charge in [-0.3, -0.25) is 0 Å². The van der Waals surface area contributed by atoms with E-state index in [-0.39, 0.29) is 0 Å². The Balaban J connectivity index is 2.70. The molecular weight excluding hydrogens is 169 g/mol. The van der Waals surface area contributed by atoms with Gasteiger partial charge in [-0.2, -0.15) is 0 Å². The van der Waals surface area contributed by atoms with E-state index in [2.05, 4.69) is 11.0 Å². The van der Waals surface area contributed by atoms with Gasteiger partial charge in [0.05, 0.1) is 0 Å². The van der Waals surface area contributed by atoms with Crippen LogP contribution in [0.4, 0.5) is 0 Å². The Bertz CT molecular complexity index is 255. The standard InChI is InChI=1S/C5H6NO2PS/c1-3-5-4-7-9(10,6-2)8-5/h1,4H,2H3,(H,6,10). The molecule has 0 saturated carbocycles. The van der Waals surface area contributed by atoms with Gasteiger partial charge in [-0.25, -0.2) is 5.09 Å².